The average molecular weight is 603 g/mol. The SMILES string of the molecule is C[C@H](O)CN[C@@H](C)c1ccc(F)nc1F.Cc1ccc(C(=O)[C@@](O)(C(=O)O)[C@](O)(C(=O)O)C(=O)c2ccc(C)cc2)cc1. The highest BCUT2D eigenvalue weighted by Crippen LogP contribution is 2.32. The van der Waals surface area contributed by atoms with E-state index >= 15 is 0 Å². The molecular weight excluding hydrogens is 570 g/mol. The van der Waals surface area contributed by atoms with E-state index in [0.29, 0.717) is 17.7 Å². The summed E-state index contributed by atoms with van der Waals surface area (Å²) in [6, 6.07) is 12.5. The third kappa shape index (κ3) is 7.70. The predicted octanol–water partition coefficient (Wildman–Crippen LogP) is 2.39. The number of rotatable bonds is 11. The van der Waals surface area contributed by atoms with Crippen LogP contribution < -0.4 is 5.32 Å². The van der Waals surface area contributed by atoms with Crippen molar-refractivity contribution >= 4 is 23.5 Å². The quantitative estimate of drug-likeness (QED) is 0.107. The Balaban J connectivity index is 0.000000362. The lowest BCUT2D eigenvalue weighted by Crippen LogP contribution is -2.71. The van der Waals surface area contributed by atoms with Crippen LogP contribution in [0.1, 0.15) is 57.3 Å². The van der Waals surface area contributed by atoms with Gasteiger partial charge in [0.15, 0.2) is 0 Å². The summed E-state index contributed by atoms with van der Waals surface area (Å²) in [7, 11) is 0. The first-order valence-electron chi connectivity index (χ1n) is 12.8. The zero-order valence-corrected chi connectivity index (χ0v) is 23.7. The molecule has 6 N–H and O–H groups in total. The van der Waals surface area contributed by atoms with Crippen molar-refractivity contribution in [3.63, 3.8) is 0 Å². The van der Waals surface area contributed by atoms with Gasteiger partial charge in [-0.1, -0.05) is 59.7 Å². The fraction of sp³-hybridized carbons (Fsp3) is 0.300. The molecule has 0 aliphatic heterocycles. The Kier molecular flexibility index (Phi) is 11.4. The average Bonchev–Trinajstić information content (AvgIpc) is 2.95. The molecule has 0 saturated heterocycles. The van der Waals surface area contributed by atoms with Crippen molar-refractivity contribution in [2.24, 2.45) is 0 Å². The Labute approximate surface area is 245 Å². The maximum absolute atomic E-state index is 13.2. The second kappa shape index (κ2) is 14.2. The van der Waals surface area contributed by atoms with Crippen molar-refractivity contribution in [2.75, 3.05) is 6.54 Å². The number of aliphatic hydroxyl groups is 3. The third-order valence-electron chi connectivity index (χ3n) is 6.46. The number of hydrogen-bond donors (Lipinski definition) is 6. The number of nitrogens with one attached hydrogen (secondary N) is 1. The molecule has 0 aliphatic carbocycles. The highest BCUT2D eigenvalue weighted by Gasteiger charge is 2.69. The van der Waals surface area contributed by atoms with E-state index in [-0.39, 0.29) is 22.7 Å². The molecule has 0 unspecified atom stereocenters. The summed E-state index contributed by atoms with van der Waals surface area (Å²) in [6.07, 6.45) is -0.510. The molecule has 0 amide bonds. The summed E-state index contributed by atoms with van der Waals surface area (Å²) in [5.74, 6) is -9.66. The first-order chi connectivity index (χ1) is 20.0. The first kappa shape index (κ1) is 34.8. The number of nitrogens with zero attached hydrogens (tertiary/aromatic N) is 1. The molecule has 0 fully saturated rings. The first-order valence-corrected chi connectivity index (χ1v) is 12.8. The van der Waals surface area contributed by atoms with Crippen molar-refractivity contribution in [1.82, 2.24) is 10.3 Å². The maximum atomic E-state index is 13.2. The number of aryl methyl sites for hydroxylation is 2. The molecule has 3 rings (SSSR count). The maximum Gasteiger partial charge on any atom is 0.348 e. The van der Waals surface area contributed by atoms with Crippen molar-refractivity contribution in [1.29, 1.82) is 0 Å². The molecule has 2 aromatic carbocycles. The van der Waals surface area contributed by atoms with Gasteiger partial charge in [-0.15, -0.1) is 0 Å². The number of halogens is 2. The number of carboxylic acids is 2. The van der Waals surface area contributed by atoms with Crippen LogP contribution in [-0.4, -0.2) is 77.9 Å². The van der Waals surface area contributed by atoms with E-state index in [4.69, 9.17) is 5.11 Å². The summed E-state index contributed by atoms with van der Waals surface area (Å²) >= 11 is 0. The molecule has 230 valence electrons. The van der Waals surface area contributed by atoms with Crippen LogP contribution in [-0.2, 0) is 9.59 Å². The third-order valence-corrected chi connectivity index (χ3v) is 6.46. The number of carboxylic acid groups (broad SMARTS) is 2. The fourth-order valence-corrected chi connectivity index (χ4v) is 3.86. The van der Waals surface area contributed by atoms with Crippen LogP contribution in [0.4, 0.5) is 8.78 Å². The lowest BCUT2D eigenvalue weighted by Gasteiger charge is -2.34. The Morgan fingerprint density at radius 1 is 0.767 bits per heavy atom. The zero-order chi connectivity index (χ0) is 32.7. The van der Waals surface area contributed by atoms with Crippen LogP contribution in [0.3, 0.4) is 0 Å². The van der Waals surface area contributed by atoms with Crippen molar-refractivity contribution in [2.45, 2.75) is 51.0 Å². The van der Waals surface area contributed by atoms with Gasteiger partial charge < -0.3 is 30.8 Å². The predicted molar refractivity (Wildman–Crippen MR) is 148 cm³/mol. The number of hydrogen-bond acceptors (Lipinski definition) is 9. The number of ketones is 2. The highest BCUT2D eigenvalue weighted by molar-refractivity contribution is 6.28. The van der Waals surface area contributed by atoms with Gasteiger partial charge in [0, 0.05) is 29.3 Å². The van der Waals surface area contributed by atoms with Crippen LogP contribution >= 0.6 is 0 Å². The molecule has 3 aromatic rings. The molecule has 0 aliphatic rings. The van der Waals surface area contributed by atoms with E-state index in [1.54, 1.807) is 27.7 Å². The Morgan fingerprint density at radius 3 is 1.49 bits per heavy atom. The molecule has 43 heavy (non-hydrogen) atoms. The van der Waals surface area contributed by atoms with E-state index in [1.807, 2.05) is 0 Å². The Morgan fingerprint density at radius 2 is 1.16 bits per heavy atom. The second-order valence-electron chi connectivity index (χ2n) is 9.91. The van der Waals surface area contributed by atoms with Gasteiger partial charge in [-0.2, -0.15) is 13.8 Å². The van der Waals surface area contributed by atoms with Gasteiger partial charge in [-0.25, -0.2) is 9.59 Å². The summed E-state index contributed by atoms with van der Waals surface area (Å²) in [6.45, 7) is 7.07. The molecule has 0 saturated carbocycles. The Hall–Kier alpha value is -4.43. The van der Waals surface area contributed by atoms with Gasteiger partial charge in [0.05, 0.1) is 6.10 Å². The summed E-state index contributed by atoms with van der Waals surface area (Å²) in [4.78, 5) is 52.2. The zero-order valence-electron chi connectivity index (χ0n) is 23.7. The molecule has 1 heterocycles. The van der Waals surface area contributed by atoms with Gasteiger partial charge >= 0.3 is 11.9 Å². The van der Waals surface area contributed by atoms with Gasteiger partial charge in [0.25, 0.3) is 11.2 Å². The monoisotopic (exact) mass is 602 g/mol. The van der Waals surface area contributed by atoms with Crippen LogP contribution in [0.25, 0.3) is 0 Å². The Bertz CT molecular complexity index is 1400. The summed E-state index contributed by atoms with van der Waals surface area (Å²) in [5, 5.41) is 52.2. The number of Topliss-reactive ketones (excluding diaryl/α,β-unsaturated/α-hetero) is 2. The van der Waals surface area contributed by atoms with E-state index < -0.39 is 52.7 Å². The van der Waals surface area contributed by atoms with Gasteiger partial charge in [0.2, 0.25) is 23.5 Å². The smallest absolute Gasteiger partial charge is 0.348 e. The number of aliphatic carboxylic acids is 2. The minimum Gasteiger partial charge on any atom is -0.479 e. The van der Waals surface area contributed by atoms with Gasteiger partial charge in [-0.05, 0) is 39.8 Å². The number of pyridine rings is 1. The molecule has 0 bridgehead atoms. The molecule has 11 nitrogen and oxygen atoms in total. The van der Waals surface area contributed by atoms with Gasteiger partial charge in [0.1, 0.15) is 0 Å². The molecular formula is C30H32F2N2O9. The number of carbonyl (C=O) groups is 4. The second-order valence-corrected chi connectivity index (χ2v) is 9.91. The minimum atomic E-state index is -3.96. The number of carbonyl (C=O) groups excluding carboxylic acids is 2. The van der Waals surface area contributed by atoms with Crippen LogP contribution in [0.15, 0.2) is 60.7 Å². The fourth-order valence-electron chi connectivity index (χ4n) is 3.86. The minimum absolute atomic E-state index is 0.289. The molecule has 0 spiro atoms. The van der Waals surface area contributed by atoms with Crippen molar-refractivity contribution in [3.8, 4) is 0 Å². The van der Waals surface area contributed by atoms with E-state index in [2.05, 4.69) is 10.3 Å². The van der Waals surface area contributed by atoms with E-state index in [9.17, 15) is 48.4 Å². The van der Waals surface area contributed by atoms with E-state index in [0.717, 1.165) is 30.3 Å². The lowest BCUT2D eigenvalue weighted by molar-refractivity contribution is -0.187. The largest absolute Gasteiger partial charge is 0.479 e. The standard InChI is InChI=1S/C20H18O8.C10H14F2N2O/c1-11-3-7-13(8-4-11)15(21)19(27,17(23)24)20(28,18(25)26)16(22)14-9-5-12(2)6-10-14;1-6(15)5-13-7(2)8-3-4-9(11)14-10(8)12/h3-10,27-28H,1-2H3,(H,23,24)(H,25,26);3-4,6-7,13,15H,5H2,1-2H3/t19-,20-;6-,7-/m10/s1. The molecule has 4 atom stereocenters. The molecule has 0 radical (unpaired) electrons. The lowest BCUT2D eigenvalue weighted by atomic mass is 9.73. The van der Waals surface area contributed by atoms with E-state index in [1.165, 1.54) is 30.3 Å². The topological polar surface area (TPSA) is 194 Å². The van der Waals surface area contributed by atoms with Gasteiger partial charge in [-0.3, -0.25) is 9.59 Å². The van der Waals surface area contributed by atoms with Crippen molar-refractivity contribution < 1.29 is 53.5 Å². The normalized spacial score (nSPS) is 15.1. The number of aliphatic hydroxyl groups excluding tert-OH is 1. The van der Waals surface area contributed by atoms with Crippen LogP contribution in [0.5, 0.6) is 0 Å². The summed E-state index contributed by atoms with van der Waals surface area (Å²) in [5.41, 5.74) is -6.98. The summed E-state index contributed by atoms with van der Waals surface area (Å²) < 4.78 is 25.7. The molecule has 13 heteroatoms. The van der Waals surface area contributed by atoms with Crippen molar-refractivity contribution in [3.05, 3.63) is 100 Å². The van der Waals surface area contributed by atoms with Crippen LogP contribution in [0, 0.1) is 25.7 Å². The number of aromatic nitrogens is 1. The number of benzene rings is 2. The van der Waals surface area contributed by atoms with Crippen LogP contribution in [0.2, 0.25) is 0 Å². The molecule has 1 aromatic heterocycles. The highest BCUT2D eigenvalue weighted by atomic mass is 19.1.